The van der Waals surface area contributed by atoms with Gasteiger partial charge in [-0.15, -0.1) is 0 Å². The third kappa shape index (κ3) is 5.59. The predicted octanol–water partition coefficient (Wildman–Crippen LogP) is 9.94. The molecule has 0 saturated heterocycles. The zero-order chi connectivity index (χ0) is 31.2. The van der Waals surface area contributed by atoms with Gasteiger partial charge in [0.25, 0.3) is 0 Å². The van der Waals surface area contributed by atoms with Gasteiger partial charge < -0.3 is 19.3 Å². The van der Waals surface area contributed by atoms with Gasteiger partial charge in [0.1, 0.15) is 0 Å². The number of halogens is 3. The van der Waals surface area contributed by atoms with Gasteiger partial charge in [0, 0.05) is 63.7 Å². The maximum Gasteiger partial charge on any atom is 0.169 e. The number of fused-ring (bicyclic) bond motifs is 2. The van der Waals surface area contributed by atoms with E-state index in [9.17, 15) is 0 Å². The fourth-order valence-corrected chi connectivity index (χ4v) is 7.71. The number of likely N-dealkylation sites (N-methyl/N-ethyl adjacent to an activating group) is 2. The quantitative estimate of drug-likeness (QED) is 0.268. The summed E-state index contributed by atoms with van der Waals surface area (Å²) in [5.41, 5.74) is 6.89. The molecule has 1 atom stereocenters. The van der Waals surface area contributed by atoms with Crippen molar-refractivity contribution in [3.63, 3.8) is 0 Å². The largest absolute Gasteiger partial charge is 0.379 e. The molecule has 0 fully saturated rings. The van der Waals surface area contributed by atoms with Crippen molar-refractivity contribution in [2.45, 2.75) is 70.4 Å². The highest BCUT2D eigenvalue weighted by molar-refractivity contribution is 6.32. The van der Waals surface area contributed by atoms with Crippen LogP contribution in [0.2, 0.25) is 10.0 Å². The number of hydrogen-bond donors (Lipinski definition) is 0. The zero-order valence-corrected chi connectivity index (χ0v) is 28.6. The summed E-state index contributed by atoms with van der Waals surface area (Å²) in [5.74, 6) is 0. The van der Waals surface area contributed by atoms with Crippen molar-refractivity contribution >= 4 is 46.2 Å². The molecule has 0 saturated carbocycles. The van der Waals surface area contributed by atoms with Crippen LogP contribution >= 0.6 is 34.8 Å². The van der Waals surface area contributed by atoms with Crippen LogP contribution in [0.15, 0.2) is 82.6 Å². The Morgan fingerprint density at radius 1 is 0.860 bits per heavy atom. The Kier molecular flexibility index (Phi) is 9.20. The second-order valence-corrected chi connectivity index (χ2v) is 14.0. The van der Waals surface area contributed by atoms with E-state index in [-0.39, 0.29) is 10.8 Å². The highest BCUT2D eigenvalue weighted by Gasteiger charge is 2.55. The molecule has 2 heterocycles. The lowest BCUT2D eigenvalue weighted by Crippen LogP contribution is -2.55. The molecule has 2 aromatic carbocycles. The molecule has 5 rings (SSSR count). The first-order chi connectivity index (χ1) is 20.3. The Hall–Kier alpha value is -2.21. The fraction of sp³-hybridized carbons (Fsp3) is 0.444. The van der Waals surface area contributed by atoms with Gasteiger partial charge in [-0.05, 0) is 97.0 Å². The van der Waals surface area contributed by atoms with Crippen molar-refractivity contribution in [1.82, 2.24) is 0 Å². The lowest BCUT2D eigenvalue weighted by atomic mass is 9.77. The molecule has 2 aromatic rings. The van der Waals surface area contributed by atoms with Gasteiger partial charge in [0.05, 0.1) is 13.2 Å². The number of hydrogen-bond acceptors (Lipinski definition) is 4. The van der Waals surface area contributed by atoms with Crippen molar-refractivity contribution in [2.75, 3.05) is 43.7 Å². The topological polar surface area (TPSA) is 24.9 Å². The van der Waals surface area contributed by atoms with Crippen LogP contribution in [-0.2, 0) is 20.3 Å². The van der Waals surface area contributed by atoms with Crippen molar-refractivity contribution < 1.29 is 9.47 Å². The number of nitrogens with zero attached hydrogens (tertiary/aromatic N) is 2. The molecule has 1 unspecified atom stereocenters. The lowest BCUT2D eigenvalue weighted by molar-refractivity contribution is -0.0669. The molecule has 1 aliphatic carbocycles. The first kappa shape index (κ1) is 32.2. The zero-order valence-electron chi connectivity index (χ0n) is 26.4. The van der Waals surface area contributed by atoms with Gasteiger partial charge in [0.2, 0.25) is 0 Å². The molecular weight excluding hydrogens is 599 g/mol. The Bertz CT molecular complexity index is 1520. The van der Waals surface area contributed by atoms with E-state index in [1.807, 2.05) is 19.1 Å². The highest BCUT2D eigenvalue weighted by Crippen LogP contribution is 2.53. The third-order valence-electron chi connectivity index (χ3n) is 9.54. The summed E-state index contributed by atoms with van der Waals surface area (Å²) in [6.45, 7) is 12.6. The van der Waals surface area contributed by atoms with E-state index in [1.54, 1.807) is 0 Å². The maximum atomic E-state index is 7.15. The summed E-state index contributed by atoms with van der Waals surface area (Å²) >= 11 is 20.0. The van der Waals surface area contributed by atoms with Gasteiger partial charge in [0.15, 0.2) is 5.72 Å². The Morgan fingerprint density at radius 3 is 2.23 bits per heavy atom. The number of anilines is 2. The number of allylic oxidation sites excluding steroid dienone is 7. The van der Waals surface area contributed by atoms with Crippen LogP contribution in [0, 0.1) is 0 Å². The van der Waals surface area contributed by atoms with E-state index in [0.717, 1.165) is 56.7 Å². The summed E-state index contributed by atoms with van der Waals surface area (Å²) in [7, 11) is 4.21. The van der Waals surface area contributed by atoms with Crippen LogP contribution in [0.3, 0.4) is 0 Å². The first-order valence-electron chi connectivity index (χ1n) is 15.1. The molecule has 3 aliphatic rings. The normalized spacial score (nSPS) is 24.5. The van der Waals surface area contributed by atoms with Gasteiger partial charge >= 0.3 is 0 Å². The van der Waals surface area contributed by atoms with Gasteiger partial charge in [-0.1, -0.05) is 74.6 Å². The molecule has 230 valence electrons. The molecule has 0 bridgehead atoms. The molecule has 0 aromatic heterocycles. The second kappa shape index (κ2) is 12.3. The van der Waals surface area contributed by atoms with E-state index in [2.05, 4.69) is 100 Å². The molecule has 2 aliphatic heterocycles. The molecule has 0 amide bonds. The summed E-state index contributed by atoms with van der Waals surface area (Å²) in [6.07, 6.45) is 11.7. The average molecular weight is 642 g/mol. The van der Waals surface area contributed by atoms with Crippen LogP contribution in [0.4, 0.5) is 11.4 Å². The maximum absolute atomic E-state index is 7.15. The minimum Gasteiger partial charge on any atom is -0.379 e. The van der Waals surface area contributed by atoms with E-state index in [0.29, 0.717) is 19.8 Å². The summed E-state index contributed by atoms with van der Waals surface area (Å²) in [4.78, 5) is 4.48. The SMILES string of the molecule is CCOCCOC1(C=CC2=C(Cl)C(=CC=C3N(C)c4ccc(Cl)cc4C3(C)C)CCC2)N(C)c2ccc(Cl)cc2C1(C)C. The predicted molar refractivity (Wildman–Crippen MR) is 183 cm³/mol. The van der Waals surface area contributed by atoms with Crippen molar-refractivity contribution in [2.24, 2.45) is 0 Å². The van der Waals surface area contributed by atoms with E-state index in [4.69, 9.17) is 44.3 Å². The smallest absolute Gasteiger partial charge is 0.169 e. The van der Waals surface area contributed by atoms with E-state index in [1.165, 1.54) is 16.9 Å². The molecule has 0 N–H and O–H groups in total. The van der Waals surface area contributed by atoms with Crippen molar-refractivity contribution in [1.29, 1.82) is 0 Å². The van der Waals surface area contributed by atoms with Gasteiger partial charge in [-0.3, -0.25) is 0 Å². The summed E-state index contributed by atoms with van der Waals surface area (Å²) in [6, 6.07) is 12.2. The van der Waals surface area contributed by atoms with Crippen LogP contribution < -0.4 is 9.80 Å². The molecular formula is C36H43Cl3N2O2. The van der Waals surface area contributed by atoms with Crippen LogP contribution in [0.5, 0.6) is 0 Å². The van der Waals surface area contributed by atoms with Gasteiger partial charge in [-0.2, -0.15) is 0 Å². The first-order valence-corrected chi connectivity index (χ1v) is 16.3. The van der Waals surface area contributed by atoms with Crippen LogP contribution in [-0.4, -0.2) is 39.6 Å². The number of ether oxygens (including phenoxy) is 2. The molecule has 7 heteroatoms. The third-order valence-corrected chi connectivity index (χ3v) is 10.5. The van der Waals surface area contributed by atoms with Crippen LogP contribution in [0.25, 0.3) is 0 Å². The molecule has 0 spiro atoms. The number of rotatable bonds is 8. The minimum atomic E-state index is -0.742. The Balaban J connectivity index is 1.49. The van der Waals surface area contributed by atoms with Crippen LogP contribution in [0.1, 0.15) is 65.0 Å². The Morgan fingerprint density at radius 2 is 1.53 bits per heavy atom. The summed E-state index contributed by atoms with van der Waals surface area (Å²) in [5, 5.41) is 2.30. The van der Waals surface area contributed by atoms with Crippen molar-refractivity contribution in [3.05, 3.63) is 104 Å². The average Bonchev–Trinajstić information content (AvgIpc) is 3.25. The molecule has 0 radical (unpaired) electrons. The van der Waals surface area contributed by atoms with E-state index < -0.39 is 5.72 Å². The molecule has 43 heavy (non-hydrogen) atoms. The summed E-state index contributed by atoms with van der Waals surface area (Å²) < 4.78 is 12.4. The van der Waals surface area contributed by atoms with Gasteiger partial charge in [-0.25, -0.2) is 0 Å². The highest BCUT2D eigenvalue weighted by atomic mass is 35.5. The van der Waals surface area contributed by atoms with E-state index >= 15 is 0 Å². The molecule has 4 nitrogen and oxygen atoms in total. The monoisotopic (exact) mass is 640 g/mol. The minimum absolute atomic E-state index is 0.165. The standard InChI is InChI=1S/C36H43Cl3N2O2/c1-8-42-20-21-43-36(35(4,5)29-23-27(38)14-16-31(29)41(36)7)19-18-25-11-9-10-24(33(25)39)12-17-32-34(2,3)28-22-26(37)13-15-30(28)40(32)6/h12-19,22-23H,8-11,20-21H2,1-7H3. The Labute approximate surface area is 272 Å². The van der Waals surface area contributed by atoms with Crippen molar-refractivity contribution in [3.8, 4) is 0 Å². The number of benzene rings is 2. The lowest BCUT2D eigenvalue weighted by Gasteiger charge is -2.44. The second-order valence-electron chi connectivity index (χ2n) is 12.7. The fourth-order valence-electron chi connectivity index (χ4n) is 7.05.